The molecule has 4 aromatic rings. The summed E-state index contributed by atoms with van der Waals surface area (Å²) in [5.74, 6) is 0.407. The zero-order valence-corrected chi connectivity index (χ0v) is 17.9. The quantitative estimate of drug-likeness (QED) is 0.498. The highest BCUT2D eigenvalue weighted by molar-refractivity contribution is 5.85. The molecule has 0 radical (unpaired) electrons. The zero-order chi connectivity index (χ0) is 22.0. The van der Waals surface area contributed by atoms with Crippen LogP contribution in [0.4, 0.5) is 4.39 Å². The number of rotatable bonds is 6. The number of fused-ring (bicyclic) bond motifs is 1. The van der Waals surface area contributed by atoms with Crippen molar-refractivity contribution in [1.82, 2.24) is 19.9 Å². The molecule has 2 aromatic carbocycles. The molecule has 4 rings (SSSR count). The molecule has 1 N–H and O–H groups in total. The van der Waals surface area contributed by atoms with Gasteiger partial charge in [0.25, 0.3) is 0 Å². The van der Waals surface area contributed by atoms with Crippen LogP contribution in [0.3, 0.4) is 0 Å². The van der Waals surface area contributed by atoms with Crippen LogP contribution in [-0.4, -0.2) is 20.4 Å². The minimum absolute atomic E-state index is 0.0956. The van der Waals surface area contributed by atoms with Crippen molar-refractivity contribution in [2.45, 2.75) is 39.8 Å². The third kappa shape index (κ3) is 4.48. The van der Waals surface area contributed by atoms with Crippen LogP contribution in [0.5, 0.6) is 0 Å². The number of carbonyl (C=O) groups excluding carboxylic acids is 1. The third-order valence-electron chi connectivity index (χ3n) is 5.61. The van der Waals surface area contributed by atoms with Gasteiger partial charge in [0, 0.05) is 25.4 Å². The molecule has 158 valence electrons. The van der Waals surface area contributed by atoms with E-state index >= 15 is 0 Å². The van der Waals surface area contributed by atoms with Gasteiger partial charge in [0.05, 0.1) is 11.0 Å². The molecule has 2 aromatic heterocycles. The topological polar surface area (TPSA) is 59.8 Å². The lowest BCUT2D eigenvalue weighted by Gasteiger charge is -2.18. The Morgan fingerprint density at radius 2 is 1.84 bits per heavy atom. The van der Waals surface area contributed by atoms with Gasteiger partial charge in [-0.15, -0.1) is 0 Å². The van der Waals surface area contributed by atoms with Gasteiger partial charge < -0.3 is 9.88 Å². The van der Waals surface area contributed by atoms with E-state index in [1.165, 1.54) is 12.1 Å². The predicted octanol–water partition coefficient (Wildman–Crippen LogP) is 4.66. The molecule has 5 nitrogen and oxygen atoms in total. The van der Waals surface area contributed by atoms with Crippen LogP contribution in [0.2, 0.25) is 0 Å². The summed E-state index contributed by atoms with van der Waals surface area (Å²) in [5.41, 5.74) is 5.95. The Bertz CT molecular complexity index is 1220. The van der Waals surface area contributed by atoms with Gasteiger partial charge in [0.15, 0.2) is 0 Å². The van der Waals surface area contributed by atoms with E-state index in [2.05, 4.69) is 36.3 Å². The van der Waals surface area contributed by atoms with Gasteiger partial charge >= 0.3 is 0 Å². The second-order valence-electron chi connectivity index (χ2n) is 7.88. The van der Waals surface area contributed by atoms with Crippen LogP contribution in [0.15, 0.2) is 60.9 Å². The first-order valence-electron chi connectivity index (χ1n) is 10.3. The number of amides is 1. The van der Waals surface area contributed by atoms with Crippen LogP contribution in [0.1, 0.15) is 41.0 Å². The molecule has 0 bridgehead atoms. The van der Waals surface area contributed by atoms with Gasteiger partial charge in [-0.25, -0.2) is 9.37 Å². The first kappa shape index (κ1) is 20.7. The number of nitrogens with zero attached hydrogens (tertiary/aromatic N) is 3. The molecule has 0 aliphatic rings. The molecule has 1 unspecified atom stereocenters. The molecule has 0 aliphatic heterocycles. The van der Waals surface area contributed by atoms with Crippen molar-refractivity contribution < 1.29 is 9.18 Å². The molecule has 2 heterocycles. The van der Waals surface area contributed by atoms with Crippen LogP contribution >= 0.6 is 0 Å². The lowest BCUT2D eigenvalue weighted by molar-refractivity contribution is -0.124. The summed E-state index contributed by atoms with van der Waals surface area (Å²) in [4.78, 5) is 22.0. The van der Waals surface area contributed by atoms with E-state index in [9.17, 15) is 9.18 Å². The molecule has 0 saturated carbocycles. The van der Waals surface area contributed by atoms with Crippen molar-refractivity contribution >= 4 is 16.9 Å². The van der Waals surface area contributed by atoms with Crippen LogP contribution in [0.25, 0.3) is 11.0 Å². The number of benzene rings is 2. The molecule has 0 fully saturated rings. The van der Waals surface area contributed by atoms with Gasteiger partial charge in [-0.05, 0) is 73.4 Å². The second kappa shape index (κ2) is 8.68. The van der Waals surface area contributed by atoms with Crippen molar-refractivity contribution in [3.05, 3.63) is 94.8 Å². The molecular weight excluding hydrogens is 391 g/mol. The van der Waals surface area contributed by atoms with Crippen molar-refractivity contribution in [1.29, 1.82) is 0 Å². The monoisotopic (exact) mass is 416 g/mol. The summed E-state index contributed by atoms with van der Waals surface area (Å²) in [6.07, 6.45) is 3.95. The SMILES string of the molecule is Cc1cc2nc(Cc3ccc(F)cc3)n(C(C)C(=O)NCc3cccnc3)c2cc1C. The number of pyridine rings is 1. The van der Waals surface area contributed by atoms with Crippen LogP contribution in [-0.2, 0) is 17.8 Å². The highest BCUT2D eigenvalue weighted by Gasteiger charge is 2.22. The minimum Gasteiger partial charge on any atom is -0.350 e. The van der Waals surface area contributed by atoms with E-state index in [0.29, 0.717) is 13.0 Å². The zero-order valence-electron chi connectivity index (χ0n) is 17.9. The van der Waals surface area contributed by atoms with E-state index in [-0.39, 0.29) is 11.7 Å². The number of imidazole rings is 1. The molecule has 0 saturated heterocycles. The molecule has 1 amide bonds. The Morgan fingerprint density at radius 1 is 1.10 bits per heavy atom. The number of hydrogen-bond donors (Lipinski definition) is 1. The Morgan fingerprint density at radius 3 is 2.55 bits per heavy atom. The Hall–Kier alpha value is -3.54. The first-order valence-corrected chi connectivity index (χ1v) is 10.3. The van der Waals surface area contributed by atoms with Crippen molar-refractivity contribution in [2.24, 2.45) is 0 Å². The molecule has 1 atom stereocenters. The number of halogens is 1. The lowest BCUT2D eigenvalue weighted by Crippen LogP contribution is -2.31. The van der Waals surface area contributed by atoms with Crippen molar-refractivity contribution in [2.75, 3.05) is 0 Å². The van der Waals surface area contributed by atoms with E-state index in [0.717, 1.165) is 39.1 Å². The van der Waals surface area contributed by atoms with E-state index in [1.807, 2.05) is 23.6 Å². The lowest BCUT2D eigenvalue weighted by atomic mass is 10.1. The number of nitrogens with one attached hydrogen (secondary N) is 1. The highest BCUT2D eigenvalue weighted by atomic mass is 19.1. The van der Waals surface area contributed by atoms with Crippen molar-refractivity contribution in [3.8, 4) is 0 Å². The van der Waals surface area contributed by atoms with E-state index < -0.39 is 6.04 Å². The molecule has 31 heavy (non-hydrogen) atoms. The van der Waals surface area contributed by atoms with Gasteiger partial charge in [0.1, 0.15) is 17.7 Å². The van der Waals surface area contributed by atoms with Gasteiger partial charge in [-0.3, -0.25) is 9.78 Å². The minimum atomic E-state index is -0.459. The number of carbonyl (C=O) groups is 1. The average molecular weight is 417 g/mol. The summed E-state index contributed by atoms with van der Waals surface area (Å²) in [7, 11) is 0. The van der Waals surface area contributed by atoms with E-state index in [4.69, 9.17) is 4.98 Å². The normalized spacial score (nSPS) is 12.1. The first-order chi connectivity index (χ1) is 14.9. The molecular formula is C25H25FN4O. The second-order valence-corrected chi connectivity index (χ2v) is 7.88. The fraction of sp³-hybridized carbons (Fsp3) is 0.240. The molecule has 0 aliphatic carbocycles. The summed E-state index contributed by atoms with van der Waals surface area (Å²) in [6, 6.07) is 13.8. The van der Waals surface area contributed by atoms with E-state index in [1.54, 1.807) is 24.5 Å². The largest absolute Gasteiger partial charge is 0.350 e. The fourth-order valence-electron chi connectivity index (χ4n) is 3.70. The predicted molar refractivity (Wildman–Crippen MR) is 119 cm³/mol. The smallest absolute Gasteiger partial charge is 0.243 e. The molecule has 6 heteroatoms. The van der Waals surface area contributed by atoms with Crippen LogP contribution < -0.4 is 5.32 Å². The fourth-order valence-corrected chi connectivity index (χ4v) is 3.70. The number of aromatic nitrogens is 3. The Balaban J connectivity index is 1.68. The summed E-state index contributed by atoms with van der Waals surface area (Å²) in [5, 5.41) is 3.00. The number of aryl methyl sites for hydroxylation is 2. The third-order valence-corrected chi connectivity index (χ3v) is 5.61. The van der Waals surface area contributed by atoms with Crippen LogP contribution in [0, 0.1) is 19.7 Å². The summed E-state index contributed by atoms with van der Waals surface area (Å²) < 4.78 is 15.3. The summed E-state index contributed by atoms with van der Waals surface area (Å²) in [6.45, 7) is 6.40. The van der Waals surface area contributed by atoms with Gasteiger partial charge in [-0.1, -0.05) is 18.2 Å². The number of hydrogen-bond acceptors (Lipinski definition) is 3. The average Bonchev–Trinajstić information content (AvgIpc) is 3.10. The maximum atomic E-state index is 13.3. The Kier molecular flexibility index (Phi) is 5.80. The van der Waals surface area contributed by atoms with Gasteiger partial charge in [-0.2, -0.15) is 0 Å². The Labute approximate surface area is 181 Å². The molecule has 0 spiro atoms. The van der Waals surface area contributed by atoms with Gasteiger partial charge in [0.2, 0.25) is 5.91 Å². The summed E-state index contributed by atoms with van der Waals surface area (Å²) >= 11 is 0. The maximum absolute atomic E-state index is 13.3. The highest BCUT2D eigenvalue weighted by Crippen LogP contribution is 2.26. The maximum Gasteiger partial charge on any atom is 0.243 e. The van der Waals surface area contributed by atoms with Crippen molar-refractivity contribution in [3.63, 3.8) is 0 Å². The standard InChI is InChI=1S/C25H25FN4O/c1-16-11-22-23(12-17(16)2)30(24(29-22)13-19-6-8-21(26)9-7-19)18(3)25(31)28-15-20-5-4-10-27-14-20/h4-12,14,18H,13,15H2,1-3H3,(H,28,31).